The Morgan fingerprint density at radius 2 is 1.94 bits per heavy atom. The standard InChI is InChI=1S/C11H7IN2O2/c12-11-13-6-8(10(15)16)9(14-11)7-4-2-1-3-5-7/h1-6H,(H,15,16). The fourth-order valence-corrected chi connectivity index (χ4v) is 1.71. The Labute approximate surface area is 106 Å². The highest BCUT2D eigenvalue weighted by molar-refractivity contribution is 14.1. The second-order valence-electron chi connectivity index (χ2n) is 3.07. The number of carboxylic acids is 1. The highest BCUT2D eigenvalue weighted by Gasteiger charge is 2.14. The number of aromatic carboxylic acids is 1. The van der Waals surface area contributed by atoms with Crippen molar-refractivity contribution in [3.8, 4) is 11.3 Å². The summed E-state index contributed by atoms with van der Waals surface area (Å²) >= 11 is 1.96. The molecule has 0 saturated carbocycles. The lowest BCUT2D eigenvalue weighted by Crippen LogP contribution is -2.04. The molecular formula is C11H7IN2O2. The van der Waals surface area contributed by atoms with E-state index in [2.05, 4.69) is 9.97 Å². The Hall–Kier alpha value is -1.50. The third-order valence-electron chi connectivity index (χ3n) is 2.04. The van der Waals surface area contributed by atoms with Gasteiger partial charge in [-0.25, -0.2) is 14.8 Å². The molecule has 2 aromatic rings. The van der Waals surface area contributed by atoms with Crippen molar-refractivity contribution < 1.29 is 9.90 Å². The first kappa shape index (κ1) is 11.0. The molecule has 1 N–H and O–H groups in total. The summed E-state index contributed by atoms with van der Waals surface area (Å²) in [6.07, 6.45) is 1.33. The molecule has 0 spiro atoms. The molecular weight excluding hydrogens is 319 g/mol. The maximum atomic E-state index is 11.0. The Kier molecular flexibility index (Phi) is 3.14. The number of rotatable bonds is 2. The third kappa shape index (κ3) is 2.19. The van der Waals surface area contributed by atoms with Crippen molar-refractivity contribution in [2.24, 2.45) is 0 Å². The van der Waals surface area contributed by atoms with Crippen molar-refractivity contribution in [3.63, 3.8) is 0 Å². The number of carbonyl (C=O) groups is 1. The van der Waals surface area contributed by atoms with Crippen LogP contribution in [0.2, 0.25) is 0 Å². The zero-order valence-electron chi connectivity index (χ0n) is 8.09. The predicted molar refractivity (Wildman–Crippen MR) is 67.1 cm³/mol. The summed E-state index contributed by atoms with van der Waals surface area (Å²) in [6.45, 7) is 0. The van der Waals surface area contributed by atoms with E-state index in [0.717, 1.165) is 5.56 Å². The molecule has 1 aromatic heterocycles. The largest absolute Gasteiger partial charge is 0.478 e. The van der Waals surface area contributed by atoms with Gasteiger partial charge in [-0.3, -0.25) is 0 Å². The molecule has 0 radical (unpaired) electrons. The van der Waals surface area contributed by atoms with Gasteiger partial charge in [0.2, 0.25) is 0 Å². The second-order valence-corrected chi connectivity index (χ2v) is 4.04. The Bertz CT molecular complexity index is 529. The van der Waals surface area contributed by atoms with E-state index in [4.69, 9.17) is 5.11 Å². The van der Waals surface area contributed by atoms with Gasteiger partial charge < -0.3 is 5.11 Å². The molecule has 1 heterocycles. The highest BCUT2D eigenvalue weighted by Crippen LogP contribution is 2.21. The molecule has 4 nitrogen and oxygen atoms in total. The van der Waals surface area contributed by atoms with Crippen molar-refractivity contribution in [1.29, 1.82) is 0 Å². The first-order valence-electron chi connectivity index (χ1n) is 4.50. The summed E-state index contributed by atoms with van der Waals surface area (Å²) in [5.74, 6) is -1.02. The molecule has 0 aliphatic carbocycles. The molecule has 16 heavy (non-hydrogen) atoms. The van der Waals surface area contributed by atoms with Crippen LogP contribution in [0, 0.1) is 3.83 Å². The Morgan fingerprint density at radius 1 is 1.25 bits per heavy atom. The minimum Gasteiger partial charge on any atom is -0.478 e. The molecule has 1 aromatic carbocycles. The smallest absolute Gasteiger partial charge is 0.339 e. The van der Waals surface area contributed by atoms with Gasteiger partial charge in [0, 0.05) is 34.4 Å². The van der Waals surface area contributed by atoms with Gasteiger partial charge in [0.15, 0.2) is 3.83 Å². The fraction of sp³-hybridized carbons (Fsp3) is 0. The highest BCUT2D eigenvalue weighted by atomic mass is 127. The van der Waals surface area contributed by atoms with E-state index in [1.54, 1.807) is 0 Å². The maximum Gasteiger partial charge on any atom is 0.339 e. The minimum atomic E-state index is -1.02. The van der Waals surface area contributed by atoms with Gasteiger partial charge in [0.25, 0.3) is 0 Å². The van der Waals surface area contributed by atoms with Crippen molar-refractivity contribution in [1.82, 2.24) is 9.97 Å². The van der Waals surface area contributed by atoms with Crippen LogP contribution in [-0.2, 0) is 0 Å². The zero-order chi connectivity index (χ0) is 11.5. The lowest BCUT2D eigenvalue weighted by Gasteiger charge is -2.04. The summed E-state index contributed by atoms with van der Waals surface area (Å²) < 4.78 is 0.529. The summed E-state index contributed by atoms with van der Waals surface area (Å²) in [7, 11) is 0. The normalized spacial score (nSPS) is 10.1. The van der Waals surface area contributed by atoms with E-state index < -0.39 is 5.97 Å². The van der Waals surface area contributed by atoms with Crippen LogP contribution >= 0.6 is 22.6 Å². The van der Waals surface area contributed by atoms with E-state index in [1.807, 2.05) is 52.9 Å². The molecule has 0 aliphatic rings. The predicted octanol–water partition coefficient (Wildman–Crippen LogP) is 2.45. The lowest BCUT2D eigenvalue weighted by molar-refractivity contribution is 0.0697. The number of aromatic nitrogens is 2. The lowest BCUT2D eigenvalue weighted by atomic mass is 10.1. The summed E-state index contributed by atoms with van der Waals surface area (Å²) in [4.78, 5) is 19.1. The third-order valence-corrected chi connectivity index (χ3v) is 2.56. The van der Waals surface area contributed by atoms with E-state index >= 15 is 0 Å². The number of nitrogens with zero attached hydrogens (tertiary/aromatic N) is 2. The van der Waals surface area contributed by atoms with Gasteiger partial charge in [0.05, 0.1) is 5.69 Å². The maximum absolute atomic E-state index is 11.0. The topological polar surface area (TPSA) is 63.1 Å². The second kappa shape index (κ2) is 4.56. The monoisotopic (exact) mass is 326 g/mol. The molecule has 80 valence electrons. The van der Waals surface area contributed by atoms with Crippen LogP contribution < -0.4 is 0 Å². The van der Waals surface area contributed by atoms with Crippen LogP contribution in [0.4, 0.5) is 0 Å². The quantitative estimate of drug-likeness (QED) is 0.680. The molecule has 2 rings (SSSR count). The first-order chi connectivity index (χ1) is 7.68. The van der Waals surface area contributed by atoms with Crippen LogP contribution in [-0.4, -0.2) is 21.0 Å². The van der Waals surface area contributed by atoms with Gasteiger partial charge in [-0.15, -0.1) is 0 Å². The number of hydrogen-bond donors (Lipinski definition) is 1. The van der Waals surface area contributed by atoms with Gasteiger partial charge in [0.1, 0.15) is 5.56 Å². The van der Waals surface area contributed by atoms with Gasteiger partial charge >= 0.3 is 5.97 Å². The summed E-state index contributed by atoms with van der Waals surface area (Å²) in [5, 5.41) is 9.04. The van der Waals surface area contributed by atoms with E-state index in [0.29, 0.717) is 9.53 Å². The Morgan fingerprint density at radius 3 is 2.56 bits per heavy atom. The molecule has 0 bridgehead atoms. The van der Waals surface area contributed by atoms with Crippen LogP contribution in [0.3, 0.4) is 0 Å². The molecule has 0 atom stereocenters. The number of carboxylic acid groups (broad SMARTS) is 1. The van der Waals surface area contributed by atoms with Gasteiger partial charge in [-0.05, 0) is 0 Å². The first-order valence-corrected chi connectivity index (χ1v) is 5.57. The van der Waals surface area contributed by atoms with Crippen molar-refractivity contribution >= 4 is 28.6 Å². The SMILES string of the molecule is O=C(O)c1cnc(I)nc1-c1ccccc1. The van der Waals surface area contributed by atoms with E-state index in [9.17, 15) is 4.79 Å². The zero-order valence-corrected chi connectivity index (χ0v) is 10.2. The van der Waals surface area contributed by atoms with Crippen LogP contribution in [0.25, 0.3) is 11.3 Å². The summed E-state index contributed by atoms with van der Waals surface area (Å²) in [6, 6.07) is 9.21. The molecule has 0 amide bonds. The van der Waals surface area contributed by atoms with Crippen molar-refractivity contribution in [2.45, 2.75) is 0 Å². The van der Waals surface area contributed by atoms with E-state index in [-0.39, 0.29) is 5.56 Å². The van der Waals surface area contributed by atoms with Crippen LogP contribution in [0.15, 0.2) is 36.5 Å². The van der Waals surface area contributed by atoms with E-state index in [1.165, 1.54) is 6.20 Å². The summed E-state index contributed by atoms with van der Waals surface area (Å²) in [5.41, 5.74) is 1.35. The molecule has 0 fully saturated rings. The average Bonchev–Trinajstić information content (AvgIpc) is 2.29. The average molecular weight is 326 g/mol. The molecule has 0 aliphatic heterocycles. The van der Waals surface area contributed by atoms with Crippen LogP contribution in [0.5, 0.6) is 0 Å². The Balaban J connectivity index is 2.63. The minimum absolute atomic E-state index is 0.117. The number of halogens is 1. The molecule has 0 unspecified atom stereocenters. The number of benzene rings is 1. The van der Waals surface area contributed by atoms with Gasteiger partial charge in [-0.1, -0.05) is 30.3 Å². The van der Waals surface area contributed by atoms with Gasteiger partial charge in [-0.2, -0.15) is 0 Å². The molecule has 5 heteroatoms. The van der Waals surface area contributed by atoms with Crippen molar-refractivity contribution in [2.75, 3.05) is 0 Å². The van der Waals surface area contributed by atoms with Crippen molar-refractivity contribution in [3.05, 3.63) is 45.9 Å². The fourth-order valence-electron chi connectivity index (χ4n) is 1.33. The van der Waals surface area contributed by atoms with Crippen LogP contribution in [0.1, 0.15) is 10.4 Å². The number of hydrogen-bond acceptors (Lipinski definition) is 3. The molecule has 0 saturated heterocycles.